The van der Waals surface area contributed by atoms with Crippen molar-refractivity contribution in [3.63, 3.8) is 0 Å². The molecule has 0 atom stereocenters. The van der Waals surface area contributed by atoms with Crippen LogP contribution in [0.2, 0.25) is 0 Å². The Balaban J connectivity index is 0.000000214. The summed E-state index contributed by atoms with van der Waals surface area (Å²) < 4.78 is 77.7. The summed E-state index contributed by atoms with van der Waals surface area (Å²) in [5.74, 6) is 0. The van der Waals surface area contributed by atoms with E-state index in [1.807, 2.05) is 78.9 Å². The third kappa shape index (κ3) is 13.6. The summed E-state index contributed by atoms with van der Waals surface area (Å²) in [6.45, 7) is 13.9. The van der Waals surface area contributed by atoms with E-state index in [0.717, 1.165) is 56.1 Å². The molecule has 376 valence electrons. The van der Waals surface area contributed by atoms with Crippen molar-refractivity contribution in [1.29, 1.82) is 0 Å². The molecule has 9 aromatic carbocycles. The van der Waals surface area contributed by atoms with Crippen LogP contribution < -0.4 is 24.8 Å². The monoisotopic (exact) mass is 1110 g/mol. The maximum Gasteiger partial charge on any atom is -0.172 e. The molecular weight excluding hydrogens is 1060 g/mol. The van der Waals surface area contributed by atoms with Gasteiger partial charge < -0.3 is 24.8 Å². The first-order valence-corrected chi connectivity index (χ1v) is 25.1. The van der Waals surface area contributed by atoms with Crippen molar-refractivity contribution in [2.75, 3.05) is 0 Å². The molecule has 0 N–H and O–H groups in total. The van der Waals surface area contributed by atoms with Crippen molar-refractivity contribution in [2.24, 2.45) is 0 Å². The molecule has 0 heterocycles. The maximum absolute atomic E-state index is 12.8. The Kier molecular flexibility index (Phi) is 18.4. The van der Waals surface area contributed by atoms with Crippen LogP contribution in [0.1, 0.15) is 86.1 Å². The first kappa shape index (κ1) is 57.3. The van der Waals surface area contributed by atoms with E-state index < -0.39 is 23.5 Å². The third-order valence-corrected chi connectivity index (χ3v) is 14.2. The van der Waals surface area contributed by atoms with Crippen molar-refractivity contribution in [2.45, 2.75) is 71.1 Å². The largest absolute Gasteiger partial charge is 1.00 e. The summed E-state index contributed by atoms with van der Waals surface area (Å²) in [6, 6.07) is 68.2. The van der Waals surface area contributed by atoms with Gasteiger partial charge in [-0.15, -0.1) is 28.8 Å². The number of rotatable bonds is 6. The van der Waals surface area contributed by atoms with Crippen LogP contribution in [0.15, 0.2) is 206 Å². The van der Waals surface area contributed by atoms with E-state index in [2.05, 4.69) is 126 Å². The minimum Gasteiger partial charge on any atom is -1.00 e. The zero-order chi connectivity index (χ0) is 51.4. The van der Waals surface area contributed by atoms with E-state index >= 15 is 0 Å². The fourth-order valence-electron chi connectivity index (χ4n) is 8.95. The topological polar surface area (TPSA) is 0 Å². The predicted octanol–water partition coefficient (Wildman–Crippen LogP) is 12.6. The second-order valence-electron chi connectivity index (χ2n) is 20.1. The zero-order valence-electron chi connectivity index (χ0n) is 41.9. The fourth-order valence-corrected chi connectivity index (χ4v) is 9.77. The molecule has 0 spiro atoms. The number of halogens is 8. The number of benzene rings is 8. The molecule has 10 rings (SSSR count). The number of fused-ring (bicyclic) bond motifs is 3. The molecule has 9 heteroatoms. The van der Waals surface area contributed by atoms with Crippen molar-refractivity contribution < 1.29 is 75.4 Å². The van der Waals surface area contributed by atoms with E-state index in [0.29, 0.717) is 11.1 Å². The molecule has 0 radical (unpaired) electrons. The molecule has 0 amide bonds. The van der Waals surface area contributed by atoms with Crippen LogP contribution in [-0.4, -0.2) is 3.21 Å². The molecule has 0 aromatic heterocycles. The van der Waals surface area contributed by atoms with E-state index in [1.165, 1.54) is 104 Å². The van der Waals surface area contributed by atoms with Crippen LogP contribution in [0.4, 0.5) is 26.3 Å². The Morgan fingerprint density at radius 3 is 1.20 bits per heavy atom. The average molecular weight is 1110 g/mol. The Labute approximate surface area is 459 Å². The smallest absolute Gasteiger partial charge is 0.172 e. The molecule has 1 aliphatic carbocycles. The molecule has 0 saturated carbocycles. The standard InChI is InChI=1S/C33H33.C27H16F6.C5H5.2ClH.Zr/c1-32(2,3)30-20-26-24(18-28(30)22-13-9-7-10-14-22)17-25-19-29(23-15-11-8-12-16-23)31(21-27(25)26)33(4,5)6;28-26(29,30)24-13-9-22(10-14-24)20-5-1-18(2-6-20)17-19-3-7-21(8-4-19)23-11-15-25(16-12-23)27(31,32)33;1-2-4-5-3-1;;;/h7-16,18,20-21H,17H2,1-6H3;1-16H;1-5H;2*1H;/q-1;;-1;;;+2/p-2. The van der Waals surface area contributed by atoms with E-state index in [1.54, 1.807) is 0 Å². The summed E-state index contributed by atoms with van der Waals surface area (Å²) in [7, 11) is 0. The Morgan fingerprint density at radius 2 is 0.824 bits per heavy atom. The summed E-state index contributed by atoms with van der Waals surface area (Å²) in [5, 5.41) is 0. The van der Waals surface area contributed by atoms with Gasteiger partial charge in [-0.05, 0) is 39.5 Å². The van der Waals surface area contributed by atoms with Crippen molar-refractivity contribution in [3.05, 3.63) is 257 Å². The molecule has 1 aliphatic rings. The molecule has 0 unspecified atom stereocenters. The first-order chi connectivity index (χ1) is 34.1. The van der Waals surface area contributed by atoms with Crippen LogP contribution in [0.25, 0.3) is 55.6 Å². The molecule has 0 fully saturated rings. The Morgan fingerprint density at radius 1 is 0.432 bits per heavy atom. The van der Waals surface area contributed by atoms with Gasteiger partial charge in [0.1, 0.15) is 0 Å². The Hall–Kier alpha value is -5.98. The average Bonchev–Trinajstić information content (AvgIpc) is 4.08. The molecule has 0 nitrogen and oxygen atoms in total. The molecule has 74 heavy (non-hydrogen) atoms. The van der Waals surface area contributed by atoms with Crippen molar-refractivity contribution in [3.8, 4) is 55.6 Å². The summed E-state index contributed by atoms with van der Waals surface area (Å²) in [4.78, 5) is 0. The van der Waals surface area contributed by atoms with Gasteiger partial charge in [-0.25, -0.2) is 12.1 Å². The Bertz CT molecular complexity index is 3030. The van der Waals surface area contributed by atoms with E-state index in [9.17, 15) is 26.3 Å². The van der Waals surface area contributed by atoms with E-state index in [4.69, 9.17) is 0 Å². The second kappa shape index (κ2) is 23.7. The SMILES string of the molecule is CC(C)(C)c1cc2c([c-]c1-c1ccccc1)Cc1cc(-c3ccccc3)c(C(C)(C)C)cc1-2.FC(F)(F)c1ccc(-c2ccc([C](=[Zr+2])c3ccc(-c4ccc(C(F)(F)F)cc4)cc3)cc2)cc1.[Cl-].[Cl-].c1cc[cH-]c1. The quantitative estimate of drug-likeness (QED) is 0.115. The van der Waals surface area contributed by atoms with Crippen LogP contribution >= 0.6 is 0 Å². The molecule has 0 saturated heterocycles. The van der Waals surface area contributed by atoms with Crippen molar-refractivity contribution >= 4 is 3.21 Å². The van der Waals surface area contributed by atoms with Gasteiger partial charge in [-0.1, -0.05) is 131 Å². The van der Waals surface area contributed by atoms with Crippen LogP contribution in [0.5, 0.6) is 0 Å². The minimum absolute atomic E-state index is 0. The fraction of sp³-hybridized carbons (Fsp3) is 0.169. The van der Waals surface area contributed by atoms with Gasteiger partial charge in [0.25, 0.3) is 0 Å². The van der Waals surface area contributed by atoms with Gasteiger partial charge in [-0.2, -0.15) is 18.2 Å². The van der Waals surface area contributed by atoms with Crippen LogP contribution in [-0.2, 0) is 53.8 Å². The molecule has 0 bridgehead atoms. The van der Waals surface area contributed by atoms with Crippen LogP contribution in [0.3, 0.4) is 0 Å². The van der Waals surface area contributed by atoms with Gasteiger partial charge in [-0.3, -0.25) is 0 Å². The number of hydrogen-bond acceptors (Lipinski definition) is 0. The molecule has 0 aliphatic heterocycles. The predicted molar refractivity (Wildman–Crippen MR) is 281 cm³/mol. The summed E-state index contributed by atoms with van der Waals surface area (Å²) >= 11 is 1.18. The second-order valence-corrected chi connectivity index (χ2v) is 21.3. The van der Waals surface area contributed by atoms with Gasteiger partial charge in [0.2, 0.25) is 0 Å². The van der Waals surface area contributed by atoms with E-state index in [-0.39, 0.29) is 35.6 Å². The zero-order valence-corrected chi connectivity index (χ0v) is 45.8. The molecule has 9 aromatic rings. The summed E-state index contributed by atoms with van der Waals surface area (Å²) in [6.07, 6.45) is -7.78. The number of alkyl halides is 6. The third-order valence-electron chi connectivity index (χ3n) is 12.8. The van der Waals surface area contributed by atoms with Gasteiger partial charge in [0.15, 0.2) is 0 Å². The van der Waals surface area contributed by atoms with Gasteiger partial charge in [0, 0.05) is 0 Å². The normalized spacial score (nSPS) is 11.9. The first-order valence-electron chi connectivity index (χ1n) is 23.8. The van der Waals surface area contributed by atoms with Crippen molar-refractivity contribution in [1.82, 2.24) is 0 Å². The van der Waals surface area contributed by atoms with Gasteiger partial charge >= 0.3 is 208 Å². The minimum atomic E-state index is -4.36. The molecular formula is C65H54Cl2F6Zr-2. The maximum atomic E-state index is 12.8. The van der Waals surface area contributed by atoms with Gasteiger partial charge in [0.05, 0.1) is 0 Å². The number of hydrogen-bond donors (Lipinski definition) is 0. The van der Waals surface area contributed by atoms with Crippen LogP contribution in [0, 0.1) is 6.07 Å². The summed E-state index contributed by atoms with van der Waals surface area (Å²) in [5.41, 5.74) is 17.2.